The molecule has 110 valence electrons. The van der Waals surface area contributed by atoms with Crippen LogP contribution in [0.25, 0.3) is 0 Å². The first kappa shape index (κ1) is 16.0. The van der Waals surface area contributed by atoms with E-state index in [1.165, 1.54) is 0 Å². The summed E-state index contributed by atoms with van der Waals surface area (Å²) >= 11 is 0. The Bertz CT molecular complexity index is 458. The Kier molecular flexibility index (Phi) is 6.56. The van der Waals surface area contributed by atoms with Gasteiger partial charge in [0.1, 0.15) is 5.75 Å². The fourth-order valence-electron chi connectivity index (χ4n) is 1.70. The molecule has 0 spiro atoms. The molecular weight excluding hydrogens is 256 g/mol. The van der Waals surface area contributed by atoms with Crippen molar-refractivity contribution in [1.82, 2.24) is 5.32 Å². The van der Waals surface area contributed by atoms with Gasteiger partial charge < -0.3 is 15.8 Å². The Morgan fingerprint density at radius 3 is 2.75 bits per heavy atom. The van der Waals surface area contributed by atoms with Gasteiger partial charge >= 0.3 is 0 Å². The van der Waals surface area contributed by atoms with E-state index in [1.807, 2.05) is 0 Å². The highest BCUT2D eigenvalue weighted by Crippen LogP contribution is 2.13. The van der Waals surface area contributed by atoms with Gasteiger partial charge in [0, 0.05) is 12.1 Å². The molecule has 0 heterocycles. The van der Waals surface area contributed by atoms with Gasteiger partial charge in [-0.1, -0.05) is 19.9 Å². The molecular formula is C15H22N2O3. The van der Waals surface area contributed by atoms with E-state index in [1.54, 1.807) is 24.3 Å². The molecule has 0 aromatic heterocycles. The summed E-state index contributed by atoms with van der Waals surface area (Å²) in [5, 5.41) is 2.86. The molecule has 0 saturated heterocycles. The lowest BCUT2D eigenvalue weighted by molar-refractivity contribution is -0.119. The number of ether oxygens (including phenoxy) is 1. The molecule has 0 saturated carbocycles. The van der Waals surface area contributed by atoms with Gasteiger partial charge in [-0.2, -0.15) is 0 Å². The highest BCUT2D eigenvalue weighted by Gasteiger charge is 2.07. The summed E-state index contributed by atoms with van der Waals surface area (Å²) in [5.74, 6) is 0.405. The summed E-state index contributed by atoms with van der Waals surface area (Å²) in [6, 6.07) is 6.69. The number of nitrogens with two attached hydrogens (primary N) is 1. The summed E-state index contributed by atoms with van der Waals surface area (Å²) in [6.45, 7) is 4.77. The van der Waals surface area contributed by atoms with Crippen LogP contribution in [-0.2, 0) is 4.79 Å². The number of primary amides is 1. The van der Waals surface area contributed by atoms with Crippen LogP contribution in [0.2, 0.25) is 0 Å². The largest absolute Gasteiger partial charge is 0.484 e. The van der Waals surface area contributed by atoms with Crippen LogP contribution in [0.3, 0.4) is 0 Å². The molecule has 3 N–H and O–H groups in total. The fourth-order valence-corrected chi connectivity index (χ4v) is 1.70. The van der Waals surface area contributed by atoms with Crippen LogP contribution in [0.5, 0.6) is 5.75 Å². The SMILES string of the molecule is CC(C)CCCNC(=O)c1cccc(OCC(N)=O)c1. The predicted octanol–water partition coefficient (Wildman–Crippen LogP) is 1.72. The lowest BCUT2D eigenvalue weighted by Gasteiger charge is -2.08. The third-order valence-corrected chi connectivity index (χ3v) is 2.72. The topological polar surface area (TPSA) is 81.4 Å². The Morgan fingerprint density at radius 2 is 2.10 bits per heavy atom. The van der Waals surface area contributed by atoms with Crippen LogP contribution in [0.15, 0.2) is 24.3 Å². The highest BCUT2D eigenvalue weighted by atomic mass is 16.5. The molecule has 1 rings (SSSR count). The van der Waals surface area contributed by atoms with Crippen molar-refractivity contribution in [3.63, 3.8) is 0 Å². The average Bonchev–Trinajstić information content (AvgIpc) is 2.41. The zero-order valence-electron chi connectivity index (χ0n) is 12.0. The molecule has 0 aliphatic rings. The molecule has 5 heteroatoms. The van der Waals surface area contributed by atoms with Gasteiger partial charge in [0.2, 0.25) is 0 Å². The molecule has 0 unspecified atom stereocenters. The average molecular weight is 278 g/mol. The zero-order valence-corrected chi connectivity index (χ0v) is 12.0. The maximum atomic E-state index is 11.9. The summed E-state index contributed by atoms with van der Waals surface area (Å²) < 4.78 is 5.16. The van der Waals surface area contributed by atoms with Gasteiger partial charge in [-0.3, -0.25) is 9.59 Å². The number of hydrogen-bond donors (Lipinski definition) is 2. The number of carbonyl (C=O) groups excluding carboxylic acids is 2. The van der Waals surface area contributed by atoms with E-state index < -0.39 is 5.91 Å². The van der Waals surface area contributed by atoms with Gasteiger partial charge in [0.15, 0.2) is 6.61 Å². The molecule has 2 amide bonds. The monoisotopic (exact) mass is 278 g/mol. The zero-order chi connectivity index (χ0) is 15.0. The smallest absolute Gasteiger partial charge is 0.255 e. The second kappa shape index (κ2) is 8.19. The van der Waals surface area contributed by atoms with Crippen molar-refractivity contribution in [2.24, 2.45) is 11.7 Å². The highest BCUT2D eigenvalue weighted by molar-refractivity contribution is 5.94. The molecule has 0 fully saturated rings. The van der Waals surface area contributed by atoms with E-state index in [0.29, 0.717) is 23.8 Å². The van der Waals surface area contributed by atoms with Gasteiger partial charge in [-0.05, 0) is 37.0 Å². The molecule has 0 aliphatic heterocycles. The van der Waals surface area contributed by atoms with Crippen molar-refractivity contribution in [3.8, 4) is 5.75 Å². The number of hydrogen-bond acceptors (Lipinski definition) is 3. The Labute approximate surface area is 119 Å². The number of rotatable bonds is 8. The second-order valence-electron chi connectivity index (χ2n) is 5.07. The van der Waals surface area contributed by atoms with Crippen molar-refractivity contribution >= 4 is 11.8 Å². The van der Waals surface area contributed by atoms with E-state index in [9.17, 15) is 9.59 Å². The predicted molar refractivity (Wildman–Crippen MR) is 77.5 cm³/mol. The number of benzene rings is 1. The van der Waals surface area contributed by atoms with Crippen LogP contribution >= 0.6 is 0 Å². The maximum Gasteiger partial charge on any atom is 0.255 e. The molecule has 20 heavy (non-hydrogen) atoms. The van der Waals surface area contributed by atoms with Crippen LogP contribution in [0.4, 0.5) is 0 Å². The van der Waals surface area contributed by atoms with E-state index >= 15 is 0 Å². The first-order chi connectivity index (χ1) is 9.49. The number of carbonyl (C=O) groups is 2. The molecule has 5 nitrogen and oxygen atoms in total. The molecule has 0 radical (unpaired) electrons. The van der Waals surface area contributed by atoms with Crippen LogP contribution in [-0.4, -0.2) is 25.0 Å². The van der Waals surface area contributed by atoms with Crippen molar-refractivity contribution < 1.29 is 14.3 Å². The van der Waals surface area contributed by atoms with Gasteiger partial charge in [-0.15, -0.1) is 0 Å². The number of nitrogens with one attached hydrogen (secondary N) is 1. The minimum absolute atomic E-state index is 0.140. The van der Waals surface area contributed by atoms with Gasteiger partial charge in [0.25, 0.3) is 11.8 Å². The van der Waals surface area contributed by atoms with Crippen molar-refractivity contribution in [2.75, 3.05) is 13.2 Å². The third kappa shape index (κ3) is 6.22. The first-order valence-corrected chi connectivity index (χ1v) is 6.78. The first-order valence-electron chi connectivity index (χ1n) is 6.78. The van der Waals surface area contributed by atoms with Crippen LogP contribution < -0.4 is 15.8 Å². The van der Waals surface area contributed by atoms with Crippen molar-refractivity contribution in [1.29, 1.82) is 0 Å². The van der Waals surface area contributed by atoms with Gasteiger partial charge in [-0.25, -0.2) is 0 Å². The summed E-state index contributed by atoms with van der Waals surface area (Å²) in [6.07, 6.45) is 2.04. The molecule has 1 aromatic rings. The fraction of sp³-hybridized carbons (Fsp3) is 0.467. The minimum Gasteiger partial charge on any atom is -0.484 e. The molecule has 0 atom stereocenters. The third-order valence-electron chi connectivity index (χ3n) is 2.72. The molecule has 0 aliphatic carbocycles. The lowest BCUT2D eigenvalue weighted by atomic mass is 10.1. The van der Waals surface area contributed by atoms with E-state index in [0.717, 1.165) is 12.8 Å². The quantitative estimate of drug-likeness (QED) is 0.710. The second-order valence-corrected chi connectivity index (χ2v) is 5.07. The Morgan fingerprint density at radius 1 is 1.35 bits per heavy atom. The van der Waals surface area contributed by atoms with Gasteiger partial charge in [0.05, 0.1) is 0 Å². The van der Waals surface area contributed by atoms with Crippen molar-refractivity contribution in [3.05, 3.63) is 29.8 Å². The van der Waals surface area contributed by atoms with E-state index in [2.05, 4.69) is 19.2 Å². The molecule has 0 bridgehead atoms. The van der Waals surface area contributed by atoms with Crippen LogP contribution in [0, 0.1) is 5.92 Å². The van der Waals surface area contributed by atoms with Crippen LogP contribution in [0.1, 0.15) is 37.0 Å². The Hall–Kier alpha value is -2.04. The minimum atomic E-state index is -0.548. The Balaban J connectivity index is 2.47. The lowest BCUT2D eigenvalue weighted by Crippen LogP contribution is -2.25. The maximum absolute atomic E-state index is 11.9. The summed E-state index contributed by atoms with van der Waals surface area (Å²) in [4.78, 5) is 22.6. The van der Waals surface area contributed by atoms with E-state index in [-0.39, 0.29) is 12.5 Å². The summed E-state index contributed by atoms with van der Waals surface area (Å²) in [5.41, 5.74) is 5.51. The molecule has 1 aromatic carbocycles. The standard InChI is InChI=1S/C15H22N2O3/c1-11(2)5-4-8-17-15(19)12-6-3-7-13(9-12)20-10-14(16)18/h3,6-7,9,11H,4-5,8,10H2,1-2H3,(H2,16,18)(H,17,19). The normalized spacial score (nSPS) is 10.3. The number of amides is 2. The van der Waals surface area contributed by atoms with Crippen molar-refractivity contribution in [2.45, 2.75) is 26.7 Å². The van der Waals surface area contributed by atoms with E-state index in [4.69, 9.17) is 10.5 Å². The summed E-state index contributed by atoms with van der Waals surface area (Å²) in [7, 11) is 0.